The molecule has 4 heterocycles. The molecule has 2 fully saturated rings. The van der Waals surface area contributed by atoms with Crippen molar-refractivity contribution >= 4 is 44.5 Å². The van der Waals surface area contributed by atoms with Gasteiger partial charge in [-0.3, -0.25) is 9.97 Å². The molecule has 5 aromatic rings. The van der Waals surface area contributed by atoms with E-state index in [0.29, 0.717) is 29.6 Å². The maximum Gasteiger partial charge on any atom is 0.325 e. The first kappa shape index (κ1) is 18.6. The van der Waals surface area contributed by atoms with Crippen LogP contribution in [-0.2, 0) is 0 Å². The van der Waals surface area contributed by atoms with Gasteiger partial charge in [0.25, 0.3) is 0 Å². The van der Waals surface area contributed by atoms with Crippen LogP contribution in [0.1, 0.15) is 0 Å². The highest BCUT2D eigenvalue weighted by Crippen LogP contribution is 2.47. The van der Waals surface area contributed by atoms with E-state index in [-0.39, 0.29) is 0 Å². The van der Waals surface area contributed by atoms with Crippen LogP contribution in [0.4, 0.5) is 11.5 Å². The number of benzene rings is 2. The van der Waals surface area contributed by atoms with Crippen molar-refractivity contribution in [2.75, 3.05) is 30.4 Å². The van der Waals surface area contributed by atoms with E-state index >= 15 is 0 Å². The highest BCUT2D eigenvalue weighted by atomic mass is 16.5. The number of aromatic amines is 1. The molecule has 1 aliphatic carbocycles. The number of fused-ring (bicyclic) bond motifs is 5. The molecule has 7 rings (SSSR count). The Hall–Kier alpha value is -3.98. The summed E-state index contributed by atoms with van der Waals surface area (Å²) in [4.78, 5) is 24.1. The third-order valence-corrected chi connectivity index (χ3v) is 6.93. The number of piperidine rings is 1. The van der Waals surface area contributed by atoms with Gasteiger partial charge in [0.15, 0.2) is 0 Å². The topological polar surface area (TPSA) is 118 Å². The smallest absolute Gasteiger partial charge is 0.325 e. The molecule has 33 heavy (non-hydrogen) atoms. The average molecular weight is 438 g/mol. The summed E-state index contributed by atoms with van der Waals surface area (Å²) in [6.45, 7) is 1.81. The zero-order valence-electron chi connectivity index (χ0n) is 18.0. The minimum atomic E-state index is 0.295. The standard InChI is InChI=1S/C24H22N8O/c1-26-17-4-2-3-13-19-22(29-21(13)17)30-24(31-23(19)32-10-14-15(11-32)20(14)25)33-12-5-6-16-18(9-12)28-8-7-27-16/h2-9,14-15,20,26H,10-11,25H2,1H3,(H,29,30,31). The molecule has 4 N–H and O–H groups in total. The number of anilines is 2. The second kappa shape index (κ2) is 6.76. The van der Waals surface area contributed by atoms with Gasteiger partial charge >= 0.3 is 6.01 Å². The van der Waals surface area contributed by atoms with Crippen LogP contribution in [0.15, 0.2) is 48.8 Å². The lowest BCUT2D eigenvalue weighted by Gasteiger charge is -2.21. The maximum absolute atomic E-state index is 6.20. The van der Waals surface area contributed by atoms with Gasteiger partial charge in [-0.05, 0) is 30.0 Å². The SMILES string of the molecule is CNc1cccc2c1[nH]c1nc(Oc3ccc4nccnc4c3)nc(N3CC4C(N)C4C3)c12. The van der Waals surface area contributed by atoms with Crippen molar-refractivity contribution in [2.24, 2.45) is 17.6 Å². The van der Waals surface area contributed by atoms with E-state index in [9.17, 15) is 0 Å². The Morgan fingerprint density at radius 2 is 1.88 bits per heavy atom. The Balaban J connectivity index is 1.37. The number of nitrogens with one attached hydrogen (secondary N) is 2. The summed E-state index contributed by atoms with van der Waals surface area (Å²) in [5, 5.41) is 5.35. The molecule has 0 radical (unpaired) electrons. The maximum atomic E-state index is 6.20. The summed E-state index contributed by atoms with van der Waals surface area (Å²) in [5.41, 5.74) is 10.5. The van der Waals surface area contributed by atoms with Gasteiger partial charge in [-0.15, -0.1) is 0 Å². The molecule has 9 heteroatoms. The van der Waals surface area contributed by atoms with E-state index in [4.69, 9.17) is 20.4 Å². The Bertz CT molecular complexity index is 1530. The number of H-pyrrole nitrogens is 1. The molecule has 2 unspecified atom stereocenters. The van der Waals surface area contributed by atoms with Crippen molar-refractivity contribution in [3.05, 3.63) is 48.8 Å². The van der Waals surface area contributed by atoms with Crippen LogP contribution < -0.4 is 20.7 Å². The van der Waals surface area contributed by atoms with Crippen LogP contribution in [0.5, 0.6) is 11.8 Å². The van der Waals surface area contributed by atoms with E-state index in [0.717, 1.165) is 57.6 Å². The van der Waals surface area contributed by atoms with Crippen LogP contribution in [-0.4, -0.2) is 51.1 Å². The fourth-order valence-corrected chi connectivity index (χ4v) is 5.12. The molecule has 0 spiro atoms. The molecular formula is C24H22N8O. The summed E-state index contributed by atoms with van der Waals surface area (Å²) in [5.74, 6) is 2.58. The average Bonchev–Trinajstić information content (AvgIpc) is 3.20. The molecule has 1 saturated heterocycles. The molecule has 0 bridgehead atoms. The zero-order chi connectivity index (χ0) is 22.1. The number of hydrogen-bond donors (Lipinski definition) is 3. The van der Waals surface area contributed by atoms with E-state index in [2.05, 4.69) is 31.2 Å². The van der Waals surface area contributed by atoms with Gasteiger partial charge in [0.05, 0.1) is 27.6 Å². The first-order chi connectivity index (χ1) is 16.2. The Kier molecular flexibility index (Phi) is 3.80. The highest BCUT2D eigenvalue weighted by molar-refractivity contribution is 6.14. The molecule has 3 aromatic heterocycles. The van der Waals surface area contributed by atoms with Crippen LogP contribution in [0.25, 0.3) is 33.0 Å². The summed E-state index contributed by atoms with van der Waals surface area (Å²) in [6, 6.07) is 12.4. The number of hydrogen-bond acceptors (Lipinski definition) is 8. The largest absolute Gasteiger partial charge is 0.424 e. The Labute approximate surface area is 189 Å². The molecule has 164 valence electrons. The van der Waals surface area contributed by atoms with Crippen molar-refractivity contribution in [3.8, 4) is 11.8 Å². The third kappa shape index (κ3) is 2.82. The minimum absolute atomic E-state index is 0.295. The number of rotatable bonds is 4. The molecule has 9 nitrogen and oxygen atoms in total. The van der Waals surface area contributed by atoms with Crippen molar-refractivity contribution in [1.82, 2.24) is 24.9 Å². The fourth-order valence-electron chi connectivity index (χ4n) is 5.12. The van der Waals surface area contributed by atoms with Crippen molar-refractivity contribution < 1.29 is 4.74 Å². The molecule has 1 aliphatic heterocycles. The lowest BCUT2D eigenvalue weighted by molar-refractivity contribution is 0.444. The second-order valence-corrected chi connectivity index (χ2v) is 8.78. The van der Waals surface area contributed by atoms with Gasteiger partial charge in [-0.2, -0.15) is 9.97 Å². The molecule has 0 amide bonds. The predicted octanol–water partition coefficient (Wildman–Crippen LogP) is 3.28. The van der Waals surface area contributed by atoms with Crippen LogP contribution >= 0.6 is 0 Å². The van der Waals surface area contributed by atoms with Gasteiger partial charge in [0.1, 0.15) is 17.2 Å². The van der Waals surface area contributed by atoms with Gasteiger partial charge in [-0.1, -0.05) is 12.1 Å². The first-order valence-electron chi connectivity index (χ1n) is 11.1. The number of para-hydroxylation sites is 1. The van der Waals surface area contributed by atoms with Gasteiger partial charge in [0, 0.05) is 50.0 Å². The lowest BCUT2D eigenvalue weighted by Crippen LogP contribution is -2.29. The fraction of sp³-hybridized carbons (Fsp3) is 0.250. The molecule has 2 aliphatic rings. The Morgan fingerprint density at radius 1 is 1.06 bits per heavy atom. The van der Waals surface area contributed by atoms with Gasteiger partial charge in [-0.25, -0.2) is 0 Å². The number of nitrogens with zero attached hydrogens (tertiary/aromatic N) is 5. The third-order valence-electron chi connectivity index (χ3n) is 6.93. The van der Waals surface area contributed by atoms with E-state index in [1.807, 2.05) is 37.4 Å². The minimum Gasteiger partial charge on any atom is -0.424 e. The number of nitrogens with two attached hydrogens (primary N) is 1. The van der Waals surface area contributed by atoms with Crippen LogP contribution in [0.2, 0.25) is 0 Å². The van der Waals surface area contributed by atoms with Gasteiger partial charge < -0.3 is 25.7 Å². The number of ether oxygens (including phenoxy) is 1. The molecule has 2 aromatic carbocycles. The second-order valence-electron chi connectivity index (χ2n) is 8.78. The summed E-state index contributed by atoms with van der Waals surface area (Å²) in [7, 11) is 1.92. The number of aromatic nitrogens is 5. The van der Waals surface area contributed by atoms with E-state index < -0.39 is 0 Å². The van der Waals surface area contributed by atoms with E-state index in [1.54, 1.807) is 12.4 Å². The summed E-state index contributed by atoms with van der Waals surface area (Å²) < 4.78 is 6.13. The molecule has 1 saturated carbocycles. The van der Waals surface area contributed by atoms with Crippen molar-refractivity contribution in [3.63, 3.8) is 0 Å². The predicted molar refractivity (Wildman–Crippen MR) is 128 cm³/mol. The summed E-state index contributed by atoms with van der Waals surface area (Å²) in [6.07, 6.45) is 3.34. The van der Waals surface area contributed by atoms with Crippen LogP contribution in [0, 0.1) is 11.8 Å². The zero-order valence-corrected chi connectivity index (χ0v) is 18.0. The van der Waals surface area contributed by atoms with Gasteiger partial charge in [0.2, 0.25) is 0 Å². The summed E-state index contributed by atoms with van der Waals surface area (Å²) >= 11 is 0. The van der Waals surface area contributed by atoms with Crippen molar-refractivity contribution in [2.45, 2.75) is 6.04 Å². The van der Waals surface area contributed by atoms with E-state index in [1.165, 1.54) is 0 Å². The van der Waals surface area contributed by atoms with Crippen LogP contribution in [0.3, 0.4) is 0 Å². The molecular weight excluding hydrogens is 416 g/mol. The monoisotopic (exact) mass is 438 g/mol. The normalized spacial score (nSPS) is 21.6. The quantitative estimate of drug-likeness (QED) is 0.391. The Morgan fingerprint density at radius 3 is 2.70 bits per heavy atom. The lowest BCUT2D eigenvalue weighted by atomic mass is 10.1. The molecule has 2 atom stereocenters. The highest BCUT2D eigenvalue weighted by Gasteiger charge is 2.54. The first-order valence-corrected chi connectivity index (χ1v) is 11.1. The van der Waals surface area contributed by atoms with Crippen molar-refractivity contribution in [1.29, 1.82) is 0 Å².